The van der Waals surface area contributed by atoms with Crippen molar-refractivity contribution in [2.45, 2.75) is 45.1 Å². The summed E-state index contributed by atoms with van der Waals surface area (Å²) in [7, 11) is 0. The number of nitrogens with zero attached hydrogens (tertiary/aromatic N) is 2. The zero-order valence-corrected chi connectivity index (χ0v) is 12.1. The second-order valence-electron chi connectivity index (χ2n) is 7.51. The minimum absolute atomic E-state index is 0.312. The summed E-state index contributed by atoms with van der Waals surface area (Å²) < 4.78 is 0. The molecule has 1 unspecified atom stereocenters. The predicted molar refractivity (Wildman–Crippen MR) is 75.5 cm³/mol. The van der Waals surface area contributed by atoms with Crippen molar-refractivity contribution < 1.29 is 0 Å². The van der Waals surface area contributed by atoms with Gasteiger partial charge in [-0.1, -0.05) is 13.8 Å². The Morgan fingerprint density at radius 3 is 2.11 bits per heavy atom. The van der Waals surface area contributed by atoms with E-state index in [0.29, 0.717) is 11.0 Å². The average molecular weight is 251 g/mol. The third-order valence-corrected chi connectivity index (χ3v) is 5.95. The number of hydrogen-bond donors (Lipinski definition) is 1. The molecule has 2 bridgehead atoms. The minimum atomic E-state index is 0.312. The van der Waals surface area contributed by atoms with Crippen molar-refractivity contribution in [1.82, 2.24) is 9.80 Å². The van der Waals surface area contributed by atoms with Gasteiger partial charge >= 0.3 is 0 Å². The molecule has 1 atom stereocenters. The summed E-state index contributed by atoms with van der Waals surface area (Å²) >= 11 is 0. The largest absolute Gasteiger partial charge is 0.329 e. The van der Waals surface area contributed by atoms with Gasteiger partial charge in [0.05, 0.1) is 0 Å². The number of nitrogens with two attached hydrogens (primary N) is 1. The number of hydrogen-bond acceptors (Lipinski definition) is 3. The normalized spacial score (nSPS) is 44.2. The summed E-state index contributed by atoms with van der Waals surface area (Å²) in [6.07, 6.45) is 5.41. The number of likely N-dealkylation sites (tertiary alicyclic amines) is 1. The van der Waals surface area contributed by atoms with Crippen molar-refractivity contribution in [3.05, 3.63) is 0 Å². The third kappa shape index (κ3) is 2.00. The molecule has 4 fully saturated rings. The molecule has 4 aliphatic rings. The summed E-state index contributed by atoms with van der Waals surface area (Å²) in [5, 5.41) is 0. The maximum absolute atomic E-state index is 6.25. The molecule has 0 aromatic rings. The van der Waals surface area contributed by atoms with Gasteiger partial charge in [0.1, 0.15) is 0 Å². The van der Waals surface area contributed by atoms with E-state index >= 15 is 0 Å². The number of piperidine rings is 4. The Morgan fingerprint density at radius 2 is 1.67 bits per heavy atom. The lowest BCUT2D eigenvalue weighted by Gasteiger charge is -2.59. The van der Waals surface area contributed by atoms with Crippen molar-refractivity contribution in [2.24, 2.45) is 17.1 Å². The molecule has 4 heterocycles. The SMILES string of the molecule is CC1(C)CCN(C2(CN)CN3CCC2CC3)CC1. The van der Waals surface area contributed by atoms with Crippen molar-refractivity contribution in [3.8, 4) is 0 Å². The molecule has 0 saturated carbocycles. The smallest absolute Gasteiger partial charge is 0.0487 e. The van der Waals surface area contributed by atoms with E-state index in [0.717, 1.165) is 12.5 Å². The maximum Gasteiger partial charge on any atom is 0.0487 e. The quantitative estimate of drug-likeness (QED) is 0.808. The van der Waals surface area contributed by atoms with Crippen LogP contribution in [0.25, 0.3) is 0 Å². The topological polar surface area (TPSA) is 32.5 Å². The Morgan fingerprint density at radius 1 is 1.06 bits per heavy atom. The summed E-state index contributed by atoms with van der Waals surface area (Å²) in [6, 6.07) is 0. The van der Waals surface area contributed by atoms with Gasteiger partial charge in [0, 0.05) is 18.6 Å². The van der Waals surface area contributed by atoms with Crippen LogP contribution < -0.4 is 5.73 Å². The molecule has 4 saturated heterocycles. The average Bonchev–Trinajstić information content (AvgIpc) is 2.39. The van der Waals surface area contributed by atoms with E-state index in [2.05, 4.69) is 23.6 Å². The molecule has 0 aliphatic carbocycles. The third-order valence-electron chi connectivity index (χ3n) is 5.95. The fourth-order valence-corrected chi connectivity index (χ4v) is 4.42. The van der Waals surface area contributed by atoms with Crippen molar-refractivity contribution >= 4 is 0 Å². The van der Waals surface area contributed by atoms with Crippen LogP contribution in [-0.2, 0) is 0 Å². The molecule has 3 heteroatoms. The van der Waals surface area contributed by atoms with Crippen LogP contribution >= 0.6 is 0 Å². The molecule has 0 aromatic heterocycles. The molecular formula is C15H29N3. The van der Waals surface area contributed by atoms with Crippen LogP contribution in [0.4, 0.5) is 0 Å². The fraction of sp³-hybridized carbons (Fsp3) is 1.00. The minimum Gasteiger partial charge on any atom is -0.329 e. The van der Waals surface area contributed by atoms with Gasteiger partial charge in [-0.3, -0.25) is 4.90 Å². The molecule has 0 amide bonds. The lowest BCUT2D eigenvalue weighted by molar-refractivity contribution is -0.0845. The van der Waals surface area contributed by atoms with Gasteiger partial charge in [-0.05, 0) is 63.2 Å². The zero-order chi connectivity index (χ0) is 12.8. The van der Waals surface area contributed by atoms with Crippen LogP contribution in [0.3, 0.4) is 0 Å². The van der Waals surface area contributed by atoms with Crippen LogP contribution in [0.2, 0.25) is 0 Å². The highest BCUT2D eigenvalue weighted by atomic mass is 15.3. The van der Waals surface area contributed by atoms with Crippen LogP contribution in [0.1, 0.15) is 39.5 Å². The first-order valence-corrected chi connectivity index (χ1v) is 7.73. The lowest BCUT2D eigenvalue weighted by Crippen LogP contribution is -2.71. The number of rotatable bonds is 2. The summed E-state index contributed by atoms with van der Waals surface area (Å²) in [5.74, 6) is 0.855. The fourth-order valence-electron chi connectivity index (χ4n) is 4.42. The van der Waals surface area contributed by atoms with Gasteiger partial charge in [-0.25, -0.2) is 0 Å². The maximum atomic E-state index is 6.25. The second kappa shape index (κ2) is 4.46. The van der Waals surface area contributed by atoms with Crippen LogP contribution in [0.5, 0.6) is 0 Å². The highest BCUT2D eigenvalue weighted by Gasteiger charge is 2.50. The molecule has 18 heavy (non-hydrogen) atoms. The molecule has 3 nitrogen and oxygen atoms in total. The van der Waals surface area contributed by atoms with E-state index in [-0.39, 0.29) is 0 Å². The van der Waals surface area contributed by atoms with Gasteiger partial charge in [0.15, 0.2) is 0 Å². The molecule has 0 spiro atoms. The van der Waals surface area contributed by atoms with Crippen molar-refractivity contribution in [2.75, 3.05) is 39.3 Å². The van der Waals surface area contributed by atoms with E-state index in [9.17, 15) is 0 Å². The van der Waals surface area contributed by atoms with Crippen LogP contribution in [0.15, 0.2) is 0 Å². The Balaban J connectivity index is 1.76. The molecule has 2 N–H and O–H groups in total. The Bertz CT molecular complexity index is 297. The molecule has 0 aromatic carbocycles. The molecule has 4 aliphatic heterocycles. The van der Waals surface area contributed by atoms with Crippen LogP contribution in [0, 0.1) is 11.3 Å². The van der Waals surface area contributed by atoms with Gasteiger partial charge in [0.25, 0.3) is 0 Å². The first-order chi connectivity index (χ1) is 8.56. The van der Waals surface area contributed by atoms with E-state index in [1.807, 2.05) is 0 Å². The van der Waals surface area contributed by atoms with Gasteiger partial charge in [0.2, 0.25) is 0 Å². The first kappa shape index (κ1) is 12.9. The Kier molecular flexibility index (Phi) is 3.20. The van der Waals surface area contributed by atoms with Crippen LogP contribution in [-0.4, -0.2) is 54.6 Å². The Hall–Kier alpha value is -0.120. The van der Waals surface area contributed by atoms with Crippen molar-refractivity contribution in [1.29, 1.82) is 0 Å². The highest BCUT2D eigenvalue weighted by Crippen LogP contribution is 2.42. The van der Waals surface area contributed by atoms with Gasteiger partial charge in [-0.15, -0.1) is 0 Å². The summed E-state index contributed by atoms with van der Waals surface area (Å²) in [4.78, 5) is 5.40. The first-order valence-electron chi connectivity index (χ1n) is 7.73. The van der Waals surface area contributed by atoms with E-state index in [4.69, 9.17) is 5.73 Å². The van der Waals surface area contributed by atoms with Gasteiger partial charge in [-0.2, -0.15) is 0 Å². The Labute approximate surface area is 112 Å². The summed E-state index contributed by atoms with van der Waals surface area (Å²) in [6.45, 7) is 12.1. The zero-order valence-electron chi connectivity index (χ0n) is 12.1. The van der Waals surface area contributed by atoms with E-state index < -0.39 is 0 Å². The molecular weight excluding hydrogens is 222 g/mol. The second-order valence-corrected chi connectivity index (χ2v) is 7.51. The van der Waals surface area contributed by atoms with Crippen molar-refractivity contribution in [3.63, 3.8) is 0 Å². The summed E-state index contributed by atoms with van der Waals surface area (Å²) in [5.41, 5.74) is 7.11. The highest BCUT2D eigenvalue weighted by molar-refractivity contribution is 5.07. The van der Waals surface area contributed by atoms with E-state index in [1.54, 1.807) is 0 Å². The number of fused-ring (bicyclic) bond motifs is 3. The van der Waals surface area contributed by atoms with E-state index in [1.165, 1.54) is 58.4 Å². The lowest BCUT2D eigenvalue weighted by atomic mass is 9.70. The van der Waals surface area contributed by atoms with Gasteiger partial charge < -0.3 is 10.6 Å². The molecule has 0 radical (unpaired) electrons. The molecule has 104 valence electrons. The standard InChI is InChI=1S/C15H29N3/c1-14(2)5-9-18(10-6-14)15(11-16)12-17-7-3-13(15)4-8-17/h13H,3-12,16H2,1-2H3. The monoisotopic (exact) mass is 251 g/mol. The predicted octanol–water partition coefficient (Wildman–Crippen LogP) is 1.53. The molecule has 4 rings (SSSR count).